The molecule has 0 saturated carbocycles. The fourth-order valence-electron chi connectivity index (χ4n) is 2.09. The maximum atomic E-state index is 4.54. The van der Waals surface area contributed by atoms with Gasteiger partial charge in [0, 0.05) is 12.6 Å². The highest BCUT2D eigenvalue weighted by Gasteiger charge is 2.06. The third-order valence-electron chi connectivity index (χ3n) is 3.13. The Morgan fingerprint density at radius 1 is 1.06 bits per heavy atom. The molecule has 0 unspecified atom stereocenters. The van der Waals surface area contributed by atoms with Crippen LogP contribution in [0.4, 0.5) is 0 Å². The average Bonchev–Trinajstić information content (AvgIpc) is 2.73. The molecule has 0 aliphatic rings. The molecular formula is C15H15N3. The van der Waals surface area contributed by atoms with E-state index in [1.807, 2.05) is 16.8 Å². The fraction of sp³-hybridized carbons (Fsp3) is 0.200. The minimum Gasteiger partial charge on any atom is -0.221 e. The predicted molar refractivity (Wildman–Crippen MR) is 71.7 cm³/mol. The van der Waals surface area contributed by atoms with Gasteiger partial charge < -0.3 is 0 Å². The van der Waals surface area contributed by atoms with Gasteiger partial charge in [0.1, 0.15) is 0 Å². The Bertz CT molecular complexity index is 698. The Hall–Kier alpha value is -2.16. The molecule has 0 saturated heterocycles. The second-order valence-electron chi connectivity index (χ2n) is 4.64. The number of pyridine rings is 1. The van der Waals surface area contributed by atoms with E-state index in [2.05, 4.69) is 54.3 Å². The highest BCUT2D eigenvalue weighted by Crippen LogP contribution is 2.12. The first-order chi connectivity index (χ1) is 8.72. The molecule has 0 atom stereocenters. The van der Waals surface area contributed by atoms with Crippen molar-refractivity contribution in [2.75, 3.05) is 0 Å². The zero-order chi connectivity index (χ0) is 12.5. The molecule has 90 valence electrons. The SMILES string of the molecule is Cc1ccc2nc(Cc3ccccc3C)nn2c1. The van der Waals surface area contributed by atoms with E-state index >= 15 is 0 Å². The van der Waals surface area contributed by atoms with Crippen LogP contribution in [0.3, 0.4) is 0 Å². The first-order valence-electron chi connectivity index (χ1n) is 6.09. The summed E-state index contributed by atoms with van der Waals surface area (Å²) in [6.07, 6.45) is 2.79. The lowest BCUT2D eigenvalue weighted by Gasteiger charge is -2.01. The fourth-order valence-corrected chi connectivity index (χ4v) is 2.09. The predicted octanol–water partition coefficient (Wildman–Crippen LogP) is 2.94. The summed E-state index contributed by atoms with van der Waals surface area (Å²) >= 11 is 0. The molecule has 0 fully saturated rings. The van der Waals surface area contributed by atoms with Gasteiger partial charge in [0.05, 0.1) is 0 Å². The van der Waals surface area contributed by atoms with Gasteiger partial charge in [-0.1, -0.05) is 30.3 Å². The number of hydrogen-bond acceptors (Lipinski definition) is 2. The van der Waals surface area contributed by atoms with Gasteiger partial charge in [0.25, 0.3) is 0 Å². The van der Waals surface area contributed by atoms with Crippen LogP contribution < -0.4 is 0 Å². The molecule has 0 radical (unpaired) electrons. The Labute approximate surface area is 106 Å². The number of nitrogens with zero attached hydrogens (tertiary/aromatic N) is 3. The van der Waals surface area contributed by atoms with E-state index < -0.39 is 0 Å². The van der Waals surface area contributed by atoms with Crippen molar-refractivity contribution in [3.63, 3.8) is 0 Å². The Kier molecular flexibility index (Phi) is 2.59. The molecule has 3 nitrogen and oxygen atoms in total. The van der Waals surface area contributed by atoms with Crippen LogP contribution >= 0.6 is 0 Å². The summed E-state index contributed by atoms with van der Waals surface area (Å²) in [5.74, 6) is 0.870. The number of rotatable bonds is 2. The molecule has 3 rings (SSSR count). The van der Waals surface area contributed by atoms with Gasteiger partial charge in [0.2, 0.25) is 0 Å². The maximum absolute atomic E-state index is 4.54. The largest absolute Gasteiger partial charge is 0.221 e. The van der Waals surface area contributed by atoms with Crippen LogP contribution in [-0.2, 0) is 6.42 Å². The first kappa shape index (κ1) is 11.0. The smallest absolute Gasteiger partial charge is 0.156 e. The van der Waals surface area contributed by atoms with Crippen LogP contribution in [-0.4, -0.2) is 14.6 Å². The van der Waals surface area contributed by atoms with Gasteiger partial charge in [-0.2, -0.15) is 5.10 Å². The van der Waals surface area contributed by atoms with Crippen LogP contribution in [0.5, 0.6) is 0 Å². The molecule has 0 aliphatic carbocycles. The van der Waals surface area contributed by atoms with E-state index in [0.29, 0.717) is 0 Å². The molecule has 0 spiro atoms. The van der Waals surface area contributed by atoms with Crippen molar-refractivity contribution < 1.29 is 0 Å². The lowest BCUT2D eigenvalue weighted by molar-refractivity contribution is 0.893. The second-order valence-corrected chi connectivity index (χ2v) is 4.64. The van der Waals surface area contributed by atoms with E-state index in [1.165, 1.54) is 16.7 Å². The second kappa shape index (κ2) is 4.26. The van der Waals surface area contributed by atoms with Gasteiger partial charge >= 0.3 is 0 Å². The number of fused-ring (bicyclic) bond motifs is 1. The molecule has 0 N–H and O–H groups in total. The number of hydrogen-bond donors (Lipinski definition) is 0. The highest BCUT2D eigenvalue weighted by molar-refractivity contribution is 5.39. The average molecular weight is 237 g/mol. The van der Waals surface area contributed by atoms with E-state index in [-0.39, 0.29) is 0 Å². The highest BCUT2D eigenvalue weighted by atomic mass is 15.3. The topological polar surface area (TPSA) is 30.2 Å². The van der Waals surface area contributed by atoms with Crippen LogP contribution in [0.2, 0.25) is 0 Å². The van der Waals surface area contributed by atoms with E-state index in [0.717, 1.165) is 17.9 Å². The molecule has 3 aromatic rings. The van der Waals surface area contributed by atoms with E-state index in [4.69, 9.17) is 0 Å². The molecule has 2 aromatic heterocycles. The lowest BCUT2D eigenvalue weighted by atomic mass is 10.1. The van der Waals surface area contributed by atoms with Gasteiger partial charge in [-0.3, -0.25) is 0 Å². The maximum Gasteiger partial charge on any atom is 0.156 e. The Morgan fingerprint density at radius 2 is 1.89 bits per heavy atom. The monoisotopic (exact) mass is 237 g/mol. The molecular weight excluding hydrogens is 222 g/mol. The molecule has 1 aromatic carbocycles. The summed E-state index contributed by atoms with van der Waals surface area (Å²) in [5.41, 5.74) is 4.66. The van der Waals surface area contributed by atoms with E-state index in [9.17, 15) is 0 Å². The van der Waals surface area contributed by atoms with Crippen molar-refractivity contribution in [2.24, 2.45) is 0 Å². The summed E-state index contributed by atoms with van der Waals surface area (Å²) in [6.45, 7) is 4.18. The quantitative estimate of drug-likeness (QED) is 0.686. The molecule has 0 bridgehead atoms. The molecule has 0 aliphatic heterocycles. The lowest BCUT2D eigenvalue weighted by Crippen LogP contribution is -1.94. The molecule has 0 amide bonds. The van der Waals surface area contributed by atoms with Crippen molar-refractivity contribution in [1.82, 2.24) is 14.6 Å². The minimum absolute atomic E-state index is 0.785. The van der Waals surface area contributed by atoms with Gasteiger partial charge in [-0.15, -0.1) is 0 Å². The summed E-state index contributed by atoms with van der Waals surface area (Å²) < 4.78 is 1.85. The first-order valence-corrected chi connectivity index (χ1v) is 6.09. The number of aryl methyl sites for hydroxylation is 2. The van der Waals surface area contributed by atoms with Gasteiger partial charge in [-0.25, -0.2) is 9.50 Å². The normalized spacial score (nSPS) is 11.0. The Balaban J connectivity index is 1.98. The van der Waals surface area contributed by atoms with Crippen LogP contribution in [0.15, 0.2) is 42.6 Å². The van der Waals surface area contributed by atoms with E-state index in [1.54, 1.807) is 0 Å². The summed E-state index contributed by atoms with van der Waals surface area (Å²) in [6, 6.07) is 12.4. The summed E-state index contributed by atoms with van der Waals surface area (Å²) in [4.78, 5) is 4.54. The third kappa shape index (κ3) is 1.99. The van der Waals surface area contributed by atoms with Crippen LogP contribution in [0.1, 0.15) is 22.5 Å². The number of aromatic nitrogens is 3. The summed E-state index contributed by atoms with van der Waals surface area (Å²) in [5, 5.41) is 4.52. The summed E-state index contributed by atoms with van der Waals surface area (Å²) in [7, 11) is 0. The van der Waals surface area contributed by atoms with Crippen LogP contribution in [0.25, 0.3) is 5.65 Å². The third-order valence-corrected chi connectivity index (χ3v) is 3.13. The zero-order valence-electron chi connectivity index (χ0n) is 10.6. The van der Waals surface area contributed by atoms with Crippen molar-refractivity contribution >= 4 is 5.65 Å². The standard InChI is InChI=1S/C15H15N3/c1-11-7-8-15-16-14(17-18(15)10-11)9-13-6-4-3-5-12(13)2/h3-8,10H,9H2,1-2H3. The number of benzene rings is 1. The van der Waals surface area contributed by atoms with Crippen molar-refractivity contribution in [3.8, 4) is 0 Å². The van der Waals surface area contributed by atoms with Gasteiger partial charge in [-0.05, 0) is 36.6 Å². The minimum atomic E-state index is 0.785. The van der Waals surface area contributed by atoms with Gasteiger partial charge in [0.15, 0.2) is 11.5 Å². The van der Waals surface area contributed by atoms with Crippen LogP contribution in [0, 0.1) is 13.8 Å². The van der Waals surface area contributed by atoms with Crippen molar-refractivity contribution in [3.05, 3.63) is 65.1 Å². The molecule has 18 heavy (non-hydrogen) atoms. The zero-order valence-corrected chi connectivity index (χ0v) is 10.6. The molecule has 2 heterocycles. The molecule has 3 heteroatoms. The van der Waals surface area contributed by atoms with Crippen molar-refractivity contribution in [1.29, 1.82) is 0 Å². The van der Waals surface area contributed by atoms with Crippen molar-refractivity contribution in [2.45, 2.75) is 20.3 Å². The Morgan fingerprint density at radius 3 is 2.72 bits per heavy atom.